The normalized spacial score (nSPS) is 12.1. The second-order valence-corrected chi connectivity index (χ2v) is 18.8. The number of carbonyl (C=O) groups excluding carboxylic acids is 3. The molecule has 0 unspecified atom stereocenters. The molecule has 0 aliphatic heterocycles. The van der Waals surface area contributed by atoms with Crippen LogP contribution in [0.4, 0.5) is 0 Å². The van der Waals surface area contributed by atoms with E-state index in [2.05, 4.69) is 34.6 Å². The summed E-state index contributed by atoms with van der Waals surface area (Å²) in [4.78, 5) is 37.6. The molecule has 0 spiro atoms. The van der Waals surface area contributed by atoms with E-state index in [1.165, 1.54) is 167 Å². The Bertz CT molecular complexity index is 885. The Kier molecular flexibility index (Phi) is 43.7. The van der Waals surface area contributed by atoms with Crippen LogP contribution in [-0.2, 0) is 28.6 Å². The number of hydrogen-bond donors (Lipinski definition) is 0. The topological polar surface area (TPSA) is 78.9 Å². The van der Waals surface area contributed by atoms with Crippen molar-refractivity contribution in [2.45, 2.75) is 291 Å². The summed E-state index contributed by atoms with van der Waals surface area (Å²) in [5, 5.41) is 0. The molecule has 344 valence electrons. The molecule has 0 saturated heterocycles. The second-order valence-electron chi connectivity index (χ2n) is 18.8. The summed E-state index contributed by atoms with van der Waals surface area (Å²) >= 11 is 0. The molecule has 0 aromatic rings. The molecule has 0 radical (unpaired) electrons. The molecule has 0 fully saturated rings. The van der Waals surface area contributed by atoms with Gasteiger partial charge in [-0.05, 0) is 31.1 Å². The number of rotatable bonds is 46. The lowest BCUT2D eigenvalue weighted by atomic mass is 10.0. The van der Waals surface area contributed by atoms with E-state index in [1.54, 1.807) is 0 Å². The third kappa shape index (κ3) is 45.5. The van der Waals surface area contributed by atoms with Gasteiger partial charge in [0.05, 0.1) is 0 Å². The predicted molar refractivity (Wildman–Crippen MR) is 247 cm³/mol. The Balaban J connectivity index is 4.11. The maximum absolute atomic E-state index is 12.7. The zero-order chi connectivity index (χ0) is 42.6. The highest BCUT2D eigenvalue weighted by atomic mass is 16.6. The van der Waals surface area contributed by atoms with Crippen molar-refractivity contribution in [3.63, 3.8) is 0 Å². The standard InChI is InChI=1S/C52H100O6/c1-6-7-8-30-37-42-50(53)56-45-49(46-57-51(54)43-38-33-28-24-20-16-13-12-15-19-23-27-32-36-41-48(4)5)58-52(55)44-39-34-29-25-21-17-11-9-10-14-18-22-26-31-35-40-47(2)3/h47-49H,6-46H2,1-5H3/t49-/m1/s1. The Morgan fingerprint density at radius 2 is 0.569 bits per heavy atom. The number of hydrogen-bond acceptors (Lipinski definition) is 6. The molecule has 0 heterocycles. The van der Waals surface area contributed by atoms with Crippen LogP contribution in [0.2, 0.25) is 0 Å². The molecule has 6 nitrogen and oxygen atoms in total. The average molecular weight is 821 g/mol. The smallest absolute Gasteiger partial charge is 0.306 e. The molecule has 0 N–H and O–H groups in total. The maximum Gasteiger partial charge on any atom is 0.306 e. The van der Waals surface area contributed by atoms with Crippen LogP contribution in [0, 0.1) is 11.8 Å². The van der Waals surface area contributed by atoms with Gasteiger partial charge in [-0.15, -0.1) is 0 Å². The van der Waals surface area contributed by atoms with Gasteiger partial charge in [0, 0.05) is 19.3 Å². The van der Waals surface area contributed by atoms with Gasteiger partial charge >= 0.3 is 17.9 Å². The van der Waals surface area contributed by atoms with Gasteiger partial charge in [-0.1, -0.05) is 247 Å². The van der Waals surface area contributed by atoms with E-state index < -0.39 is 6.10 Å². The number of esters is 3. The third-order valence-electron chi connectivity index (χ3n) is 11.7. The van der Waals surface area contributed by atoms with E-state index in [1.807, 2.05) is 0 Å². The fourth-order valence-corrected chi connectivity index (χ4v) is 7.81. The summed E-state index contributed by atoms with van der Waals surface area (Å²) in [5.41, 5.74) is 0. The average Bonchev–Trinajstić information content (AvgIpc) is 3.19. The molecule has 0 aliphatic carbocycles. The van der Waals surface area contributed by atoms with Gasteiger partial charge in [-0.2, -0.15) is 0 Å². The first-order chi connectivity index (χ1) is 28.2. The molecule has 0 aliphatic rings. The van der Waals surface area contributed by atoms with Crippen molar-refractivity contribution in [3.8, 4) is 0 Å². The summed E-state index contributed by atoms with van der Waals surface area (Å²) in [6.45, 7) is 11.3. The molecular weight excluding hydrogens is 721 g/mol. The maximum atomic E-state index is 12.7. The molecule has 6 heteroatoms. The summed E-state index contributed by atoms with van der Waals surface area (Å²) in [5.74, 6) is 0.831. The molecule has 0 amide bonds. The monoisotopic (exact) mass is 821 g/mol. The minimum Gasteiger partial charge on any atom is -0.462 e. The molecule has 0 rings (SSSR count). The fraction of sp³-hybridized carbons (Fsp3) is 0.942. The van der Waals surface area contributed by atoms with Gasteiger partial charge < -0.3 is 14.2 Å². The van der Waals surface area contributed by atoms with Crippen LogP contribution < -0.4 is 0 Å². The van der Waals surface area contributed by atoms with Crippen molar-refractivity contribution < 1.29 is 28.6 Å². The SMILES string of the molecule is CCCCCCCC(=O)OC[C@H](COC(=O)CCCCCCCCCCCCCCCCC(C)C)OC(=O)CCCCCCCCCCCCCCCCCC(C)C. The fourth-order valence-electron chi connectivity index (χ4n) is 7.81. The van der Waals surface area contributed by atoms with Crippen LogP contribution >= 0.6 is 0 Å². The van der Waals surface area contributed by atoms with Gasteiger partial charge in [0.25, 0.3) is 0 Å². The van der Waals surface area contributed by atoms with Gasteiger partial charge in [0.1, 0.15) is 13.2 Å². The second kappa shape index (κ2) is 44.9. The molecule has 0 saturated carbocycles. The van der Waals surface area contributed by atoms with Crippen molar-refractivity contribution in [1.29, 1.82) is 0 Å². The zero-order valence-electron chi connectivity index (χ0n) is 39.7. The zero-order valence-corrected chi connectivity index (χ0v) is 39.7. The first kappa shape index (κ1) is 56.4. The summed E-state index contributed by atoms with van der Waals surface area (Å²) in [6.07, 6.45) is 45.5. The molecule has 58 heavy (non-hydrogen) atoms. The highest BCUT2D eigenvalue weighted by Crippen LogP contribution is 2.17. The summed E-state index contributed by atoms with van der Waals surface area (Å²) in [6, 6.07) is 0. The highest BCUT2D eigenvalue weighted by Gasteiger charge is 2.19. The van der Waals surface area contributed by atoms with Crippen LogP contribution in [0.5, 0.6) is 0 Å². The lowest BCUT2D eigenvalue weighted by Gasteiger charge is -2.18. The van der Waals surface area contributed by atoms with Crippen molar-refractivity contribution in [2.75, 3.05) is 13.2 Å². The van der Waals surface area contributed by atoms with Crippen molar-refractivity contribution in [3.05, 3.63) is 0 Å². The lowest BCUT2D eigenvalue weighted by Crippen LogP contribution is -2.30. The van der Waals surface area contributed by atoms with Gasteiger partial charge in [0.15, 0.2) is 6.10 Å². The quantitative estimate of drug-likeness (QED) is 0.0346. The Labute approximate surface area is 361 Å². The van der Waals surface area contributed by atoms with E-state index in [4.69, 9.17) is 14.2 Å². The number of unbranched alkanes of at least 4 members (excludes halogenated alkanes) is 31. The van der Waals surface area contributed by atoms with Gasteiger partial charge in [0.2, 0.25) is 0 Å². The molecule has 0 aromatic heterocycles. The predicted octanol–water partition coefficient (Wildman–Crippen LogP) is 16.5. The molecule has 1 atom stereocenters. The lowest BCUT2D eigenvalue weighted by molar-refractivity contribution is -0.167. The van der Waals surface area contributed by atoms with Crippen LogP contribution in [0.25, 0.3) is 0 Å². The first-order valence-electron chi connectivity index (χ1n) is 25.7. The molecule has 0 aromatic carbocycles. The van der Waals surface area contributed by atoms with Crippen LogP contribution in [-0.4, -0.2) is 37.2 Å². The van der Waals surface area contributed by atoms with E-state index >= 15 is 0 Å². The minimum atomic E-state index is -0.759. The van der Waals surface area contributed by atoms with Crippen molar-refractivity contribution in [1.82, 2.24) is 0 Å². The number of ether oxygens (including phenoxy) is 3. The summed E-state index contributed by atoms with van der Waals surface area (Å²) < 4.78 is 16.7. The van der Waals surface area contributed by atoms with E-state index in [0.29, 0.717) is 19.3 Å². The number of carbonyl (C=O) groups is 3. The third-order valence-corrected chi connectivity index (χ3v) is 11.7. The van der Waals surface area contributed by atoms with Gasteiger partial charge in [-0.25, -0.2) is 0 Å². The summed E-state index contributed by atoms with van der Waals surface area (Å²) in [7, 11) is 0. The first-order valence-corrected chi connectivity index (χ1v) is 25.7. The van der Waals surface area contributed by atoms with Gasteiger partial charge in [-0.3, -0.25) is 14.4 Å². The Morgan fingerprint density at radius 1 is 0.328 bits per heavy atom. The molecular formula is C52H100O6. The van der Waals surface area contributed by atoms with Crippen LogP contribution in [0.3, 0.4) is 0 Å². The van der Waals surface area contributed by atoms with Crippen LogP contribution in [0.15, 0.2) is 0 Å². The van der Waals surface area contributed by atoms with E-state index in [-0.39, 0.29) is 31.1 Å². The molecule has 0 bridgehead atoms. The van der Waals surface area contributed by atoms with E-state index in [0.717, 1.165) is 76.0 Å². The van der Waals surface area contributed by atoms with E-state index in [9.17, 15) is 14.4 Å². The Morgan fingerprint density at radius 3 is 0.845 bits per heavy atom. The van der Waals surface area contributed by atoms with Crippen molar-refractivity contribution in [2.24, 2.45) is 11.8 Å². The largest absolute Gasteiger partial charge is 0.462 e. The Hall–Kier alpha value is -1.59. The highest BCUT2D eigenvalue weighted by molar-refractivity contribution is 5.71. The minimum absolute atomic E-state index is 0.0646. The van der Waals surface area contributed by atoms with Crippen molar-refractivity contribution >= 4 is 17.9 Å². The van der Waals surface area contributed by atoms with Crippen LogP contribution in [0.1, 0.15) is 285 Å².